The Morgan fingerprint density at radius 3 is 3.03 bits per heavy atom. The molecule has 1 aliphatic carbocycles. The number of thioether (sulfide) groups is 1. The first-order chi connectivity index (χ1) is 14.5. The van der Waals surface area contributed by atoms with Crippen molar-refractivity contribution in [1.29, 1.82) is 0 Å². The van der Waals surface area contributed by atoms with Crippen LogP contribution in [-0.2, 0) is 22.4 Å². The minimum atomic E-state index is -0.400. The number of anilines is 1. The number of hydrogen-bond donors (Lipinski definition) is 1. The van der Waals surface area contributed by atoms with Crippen LogP contribution in [0.3, 0.4) is 0 Å². The quantitative estimate of drug-likeness (QED) is 0.339. The molecule has 4 rings (SSSR count). The van der Waals surface area contributed by atoms with Crippen LogP contribution in [0.1, 0.15) is 41.1 Å². The van der Waals surface area contributed by atoms with Crippen LogP contribution in [0.15, 0.2) is 35.6 Å². The fourth-order valence-electron chi connectivity index (χ4n) is 3.62. The third-order valence-electron chi connectivity index (χ3n) is 5.05. The summed E-state index contributed by atoms with van der Waals surface area (Å²) in [4.78, 5) is 35.7. The van der Waals surface area contributed by atoms with E-state index in [2.05, 4.69) is 22.2 Å². The van der Waals surface area contributed by atoms with E-state index in [1.165, 1.54) is 28.6 Å². The number of thiophene rings is 1. The number of nitrogens with one attached hydrogen (secondary N) is 1. The van der Waals surface area contributed by atoms with E-state index in [4.69, 9.17) is 4.74 Å². The molecule has 1 aromatic carbocycles. The molecule has 1 amide bonds. The summed E-state index contributed by atoms with van der Waals surface area (Å²) in [6.07, 6.45) is 4.90. The normalized spacial score (nSPS) is 15.6. The number of carbonyl (C=O) groups is 2. The molecule has 0 radical (unpaired) electrons. The number of ether oxygens (including phenoxy) is 1. The van der Waals surface area contributed by atoms with Gasteiger partial charge in [0.05, 0.1) is 17.9 Å². The van der Waals surface area contributed by atoms with E-state index in [0.29, 0.717) is 23.8 Å². The maximum atomic E-state index is 12.5. The lowest BCUT2D eigenvalue weighted by Crippen LogP contribution is -2.15. The van der Waals surface area contributed by atoms with E-state index in [-0.39, 0.29) is 11.7 Å². The van der Waals surface area contributed by atoms with Gasteiger partial charge in [0.15, 0.2) is 0 Å². The molecule has 30 heavy (non-hydrogen) atoms. The molecular formula is C22H23N3O3S2. The molecule has 0 bridgehead atoms. The highest BCUT2D eigenvalue weighted by atomic mass is 32.2. The number of esters is 1. The van der Waals surface area contributed by atoms with E-state index in [1.807, 2.05) is 0 Å². The zero-order valence-electron chi connectivity index (χ0n) is 16.9. The van der Waals surface area contributed by atoms with Crippen molar-refractivity contribution in [2.75, 3.05) is 17.7 Å². The van der Waals surface area contributed by atoms with Crippen LogP contribution >= 0.6 is 23.1 Å². The monoisotopic (exact) mass is 441 g/mol. The molecular weight excluding hydrogens is 418 g/mol. The van der Waals surface area contributed by atoms with E-state index < -0.39 is 5.97 Å². The molecule has 0 spiro atoms. The summed E-state index contributed by atoms with van der Waals surface area (Å²) in [5.41, 5.74) is 2.35. The lowest BCUT2D eigenvalue weighted by Gasteiger charge is -2.18. The van der Waals surface area contributed by atoms with Gasteiger partial charge in [0.2, 0.25) is 5.91 Å². The number of rotatable bonds is 6. The molecule has 2 aromatic heterocycles. The smallest absolute Gasteiger partial charge is 0.338 e. The second-order valence-electron chi connectivity index (χ2n) is 7.35. The van der Waals surface area contributed by atoms with Crippen molar-refractivity contribution in [3.05, 3.63) is 46.6 Å². The second-order valence-corrected chi connectivity index (χ2v) is 9.40. The van der Waals surface area contributed by atoms with Crippen LogP contribution in [0.5, 0.6) is 0 Å². The average Bonchev–Trinajstić information content (AvgIpc) is 3.10. The number of carbonyl (C=O) groups excluding carboxylic acids is 2. The predicted octanol–water partition coefficient (Wildman–Crippen LogP) is 4.72. The molecule has 3 aromatic rings. The predicted molar refractivity (Wildman–Crippen MR) is 120 cm³/mol. The van der Waals surface area contributed by atoms with E-state index in [9.17, 15) is 9.59 Å². The number of amides is 1. The lowest BCUT2D eigenvalue weighted by molar-refractivity contribution is -0.113. The Morgan fingerprint density at radius 1 is 1.33 bits per heavy atom. The molecule has 0 saturated heterocycles. The van der Waals surface area contributed by atoms with Gasteiger partial charge in [-0.15, -0.1) is 11.3 Å². The van der Waals surface area contributed by atoms with Crippen molar-refractivity contribution in [3.8, 4) is 0 Å². The van der Waals surface area contributed by atoms with Crippen molar-refractivity contribution in [2.45, 2.75) is 38.1 Å². The Balaban J connectivity index is 1.45. The van der Waals surface area contributed by atoms with Crippen LogP contribution in [0.25, 0.3) is 10.2 Å². The zero-order chi connectivity index (χ0) is 21.1. The molecule has 8 heteroatoms. The summed E-state index contributed by atoms with van der Waals surface area (Å²) in [7, 11) is 0. The Labute approximate surface area is 183 Å². The first-order valence-corrected chi connectivity index (χ1v) is 11.8. The minimum Gasteiger partial charge on any atom is -0.462 e. The van der Waals surface area contributed by atoms with Gasteiger partial charge < -0.3 is 10.1 Å². The van der Waals surface area contributed by atoms with Gasteiger partial charge in [0, 0.05) is 16.0 Å². The van der Waals surface area contributed by atoms with Gasteiger partial charge in [-0.25, -0.2) is 14.8 Å². The average molecular weight is 442 g/mol. The van der Waals surface area contributed by atoms with Crippen LogP contribution in [-0.4, -0.2) is 34.2 Å². The molecule has 1 atom stereocenters. The molecule has 156 valence electrons. The summed E-state index contributed by atoms with van der Waals surface area (Å²) in [5, 5.41) is 4.83. The van der Waals surface area contributed by atoms with Gasteiger partial charge in [-0.2, -0.15) is 0 Å². The SMILES string of the molecule is CCOC(=O)c1cccc(NC(=O)CSc2ncnc3sc4c(c23)CCC(C)C4)c1. The highest BCUT2D eigenvalue weighted by molar-refractivity contribution is 8.00. The zero-order valence-corrected chi connectivity index (χ0v) is 18.6. The number of nitrogens with zero attached hydrogens (tertiary/aromatic N) is 2. The van der Waals surface area contributed by atoms with Crippen molar-refractivity contribution in [3.63, 3.8) is 0 Å². The van der Waals surface area contributed by atoms with Crippen LogP contribution in [0.2, 0.25) is 0 Å². The summed E-state index contributed by atoms with van der Waals surface area (Å²) in [5.74, 6) is 0.385. The van der Waals surface area contributed by atoms with Gasteiger partial charge in [-0.3, -0.25) is 4.79 Å². The van der Waals surface area contributed by atoms with Crippen LogP contribution in [0.4, 0.5) is 5.69 Å². The molecule has 2 heterocycles. The van der Waals surface area contributed by atoms with Crippen molar-refractivity contribution in [2.24, 2.45) is 5.92 Å². The largest absolute Gasteiger partial charge is 0.462 e. The molecule has 1 unspecified atom stereocenters. The van der Waals surface area contributed by atoms with Gasteiger partial charge >= 0.3 is 5.97 Å². The fourth-order valence-corrected chi connectivity index (χ4v) is 5.87. The molecule has 0 fully saturated rings. The fraction of sp³-hybridized carbons (Fsp3) is 0.364. The summed E-state index contributed by atoms with van der Waals surface area (Å²) in [6, 6.07) is 6.77. The van der Waals surface area contributed by atoms with Gasteiger partial charge in [-0.05, 0) is 55.9 Å². The summed E-state index contributed by atoms with van der Waals surface area (Å²) < 4.78 is 5.01. The Kier molecular flexibility index (Phi) is 6.34. The highest BCUT2D eigenvalue weighted by Crippen LogP contribution is 2.40. The second kappa shape index (κ2) is 9.14. The van der Waals surface area contributed by atoms with E-state index in [0.717, 1.165) is 28.1 Å². The van der Waals surface area contributed by atoms with E-state index >= 15 is 0 Å². The number of fused-ring (bicyclic) bond motifs is 3. The van der Waals surface area contributed by atoms with Crippen molar-refractivity contribution < 1.29 is 14.3 Å². The molecule has 0 saturated carbocycles. The van der Waals surface area contributed by atoms with Gasteiger partial charge in [0.25, 0.3) is 0 Å². The van der Waals surface area contributed by atoms with Crippen LogP contribution < -0.4 is 5.32 Å². The maximum absolute atomic E-state index is 12.5. The third-order valence-corrected chi connectivity index (χ3v) is 7.21. The molecule has 1 N–H and O–H groups in total. The van der Waals surface area contributed by atoms with Gasteiger partial charge in [0.1, 0.15) is 16.2 Å². The number of aromatic nitrogens is 2. The maximum Gasteiger partial charge on any atom is 0.338 e. The molecule has 1 aliphatic rings. The summed E-state index contributed by atoms with van der Waals surface area (Å²) >= 11 is 3.18. The number of hydrogen-bond acceptors (Lipinski definition) is 7. The number of benzene rings is 1. The van der Waals surface area contributed by atoms with Crippen molar-refractivity contribution in [1.82, 2.24) is 9.97 Å². The summed E-state index contributed by atoms with van der Waals surface area (Å²) in [6.45, 7) is 4.36. The minimum absolute atomic E-state index is 0.148. The first kappa shape index (κ1) is 20.8. The topological polar surface area (TPSA) is 81.2 Å². The standard InChI is InChI=1S/C22H23N3O3S2/c1-3-28-22(27)14-5-4-6-15(10-14)25-18(26)11-29-20-19-16-8-7-13(2)9-17(16)30-21(19)24-12-23-20/h4-6,10,12-13H,3,7-9,11H2,1-2H3,(H,25,26). The lowest BCUT2D eigenvalue weighted by atomic mass is 9.89. The Morgan fingerprint density at radius 2 is 2.20 bits per heavy atom. The highest BCUT2D eigenvalue weighted by Gasteiger charge is 2.23. The Hall–Kier alpha value is -2.45. The molecule has 0 aliphatic heterocycles. The van der Waals surface area contributed by atoms with Gasteiger partial charge in [-0.1, -0.05) is 24.8 Å². The Bertz CT molecular complexity index is 1100. The molecule has 6 nitrogen and oxygen atoms in total. The number of aryl methyl sites for hydroxylation is 1. The third kappa shape index (κ3) is 4.49. The van der Waals surface area contributed by atoms with E-state index in [1.54, 1.807) is 48.9 Å². The first-order valence-electron chi connectivity index (χ1n) is 10.00. The van der Waals surface area contributed by atoms with Crippen molar-refractivity contribution >= 4 is 50.9 Å². The van der Waals surface area contributed by atoms with Crippen LogP contribution in [0, 0.1) is 5.92 Å².